The molecule has 2 aliphatic carbocycles. The summed E-state index contributed by atoms with van der Waals surface area (Å²) in [7, 11) is -4.28. The van der Waals surface area contributed by atoms with Gasteiger partial charge in [-0.25, -0.2) is 4.99 Å². The van der Waals surface area contributed by atoms with Gasteiger partial charge >= 0.3 is 29.6 Å². The number of hydrogen-bond donors (Lipinski definition) is 0. The Morgan fingerprint density at radius 3 is 1.89 bits per heavy atom. The van der Waals surface area contributed by atoms with E-state index < -0.39 is 7.25 Å². The van der Waals surface area contributed by atoms with Crippen molar-refractivity contribution < 1.29 is 44.4 Å². The summed E-state index contributed by atoms with van der Waals surface area (Å²) in [4.78, 5) is 4.50. The average molecular weight is 356 g/mol. The Bertz CT molecular complexity index is 370. The molecule has 1 fully saturated rings. The SMILES string of the molecule is COC1=NC2C=CC3C(C=C2)C13.F[B-](F)(F)F.[Ag+]. The van der Waals surface area contributed by atoms with Gasteiger partial charge in [0, 0.05) is 5.92 Å². The van der Waals surface area contributed by atoms with Gasteiger partial charge in [0.05, 0.1) is 13.2 Å². The predicted octanol–water partition coefficient (Wildman–Crippen LogP) is 2.70. The molecular weight excluding hydrogens is 345 g/mol. The van der Waals surface area contributed by atoms with Crippen LogP contribution in [0.5, 0.6) is 0 Å². The molecule has 2 nitrogen and oxygen atoms in total. The van der Waals surface area contributed by atoms with Crippen molar-refractivity contribution in [1.29, 1.82) is 0 Å². The number of halogens is 4. The fourth-order valence-electron chi connectivity index (χ4n) is 2.24. The molecule has 0 aromatic rings. The molecule has 4 aliphatic rings. The minimum absolute atomic E-state index is 0. The normalized spacial score (nSPS) is 34.4. The van der Waals surface area contributed by atoms with E-state index in [2.05, 4.69) is 29.3 Å². The average Bonchev–Trinajstić information content (AvgIpc) is 2.93. The number of allylic oxidation sites excluding steroid dienone is 2. The van der Waals surface area contributed by atoms with Gasteiger partial charge in [-0.15, -0.1) is 0 Å². The first-order valence-corrected chi connectivity index (χ1v) is 5.26. The third-order valence-corrected chi connectivity index (χ3v) is 2.96. The first-order valence-electron chi connectivity index (χ1n) is 5.26. The molecule has 8 heteroatoms. The van der Waals surface area contributed by atoms with Crippen LogP contribution >= 0.6 is 0 Å². The smallest absolute Gasteiger partial charge is 0.484 e. The Labute approximate surface area is 118 Å². The third kappa shape index (κ3) is 3.73. The summed E-state index contributed by atoms with van der Waals surface area (Å²) in [6.07, 6.45) is 8.92. The summed E-state index contributed by atoms with van der Waals surface area (Å²) < 4.78 is 44.3. The minimum Gasteiger partial charge on any atom is -0.484 e. The van der Waals surface area contributed by atoms with Gasteiger partial charge in [-0.05, 0) is 11.8 Å². The predicted molar refractivity (Wildman–Crippen MR) is 57.2 cm³/mol. The zero-order chi connectivity index (χ0) is 12.6. The van der Waals surface area contributed by atoms with Crippen LogP contribution < -0.4 is 0 Å². The van der Waals surface area contributed by atoms with Crippen LogP contribution in [-0.4, -0.2) is 26.3 Å². The summed E-state index contributed by atoms with van der Waals surface area (Å²) in [5, 5.41) is 0. The monoisotopic (exact) mass is 355 g/mol. The van der Waals surface area contributed by atoms with Gasteiger partial charge in [0.2, 0.25) is 0 Å². The van der Waals surface area contributed by atoms with Gasteiger partial charge in [-0.2, -0.15) is 0 Å². The van der Waals surface area contributed by atoms with E-state index in [1.807, 2.05) is 0 Å². The van der Waals surface area contributed by atoms with E-state index in [0.717, 1.165) is 5.90 Å². The van der Waals surface area contributed by atoms with E-state index >= 15 is 0 Å². The molecule has 2 heterocycles. The molecule has 4 bridgehead atoms. The van der Waals surface area contributed by atoms with Gasteiger partial charge in [0.1, 0.15) is 0 Å². The number of aliphatic imine (C=N–C) groups is 1. The quantitative estimate of drug-likeness (QED) is 0.372. The van der Waals surface area contributed by atoms with Crippen molar-refractivity contribution in [3.05, 3.63) is 24.3 Å². The molecule has 2 atom stereocenters. The molecule has 0 spiro atoms. The van der Waals surface area contributed by atoms with Crippen LogP contribution in [0.2, 0.25) is 0 Å². The van der Waals surface area contributed by atoms with Gasteiger partial charge in [-0.1, -0.05) is 24.3 Å². The molecule has 1 saturated carbocycles. The summed E-state index contributed by atoms with van der Waals surface area (Å²) in [6.45, 7) is 0. The maximum atomic E-state index is 9.75. The molecule has 0 radical (unpaired) electrons. The van der Waals surface area contributed by atoms with Gasteiger partial charge < -0.3 is 22.0 Å². The van der Waals surface area contributed by atoms with Gasteiger partial charge in [0.15, 0.2) is 5.90 Å². The second kappa shape index (κ2) is 5.63. The van der Waals surface area contributed by atoms with Crippen molar-refractivity contribution in [3.63, 3.8) is 0 Å². The van der Waals surface area contributed by atoms with Crippen molar-refractivity contribution in [2.24, 2.45) is 22.7 Å². The minimum atomic E-state index is -6.00. The summed E-state index contributed by atoms with van der Waals surface area (Å²) in [6, 6.07) is 0.236. The molecule has 2 unspecified atom stereocenters. The Kier molecular flexibility index (Phi) is 4.86. The molecule has 0 N–H and O–H groups in total. The van der Waals surface area contributed by atoms with Crippen LogP contribution in [0.15, 0.2) is 29.3 Å². The summed E-state index contributed by atoms with van der Waals surface area (Å²) in [5.74, 6) is 2.85. The first-order chi connectivity index (χ1) is 7.90. The standard InChI is InChI=1S/C10H11NO.Ag.BF4/c1-12-10-9-7-4-2-6(11-10)3-5-8(7)9;;2-1(3,4)5/h2-9H,1H3;;/q;+1;-1. The Morgan fingerprint density at radius 1 is 1.06 bits per heavy atom. The largest absolute Gasteiger partial charge is 1.00 e. The van der Waals surface area contributed by atoms with Crippen molar-refractivity contribution in [2.75, 3.05) is 7.11 Å². The second-order valence-electron chi connectivity index (χ2n) is 4.11. The fourth-order valence-corrected chi connectivity index (χ4v) is 2.24. The Morgan fingerprint density at radius 2 is 1.50 bits per heavy atom. The van der Waals surface area contributed by atoms with E-state index in [0.29, 0.717) is 17.8 Å². The van der Waals surface area contributed by atoms with Crippen LogP contribution in [0, 0.1) is 17.8 Å². The zero-order valence-corrected chi connectivity index (χ0v) is 10.8. The molecule has 104 valence electrons. The van der Waals surface area contributed by atoms with Crippen LogP contribution in [0.25, 0.3) is 0 Å². The summed E-state index contributed by atoms with van der Waals surface area (Å²) >= 11 is 0. The number of hydrogen-bond acceptors (Lipinski definition) is 2. The second-order valence-corrected chi connectivity index (χ2v) is 4.11. The summed E-state index contributed by atoms with van der Waals surface area (Å²) in [5.41, 5.74) is 0. The van der Waals surface area contributed by atoms with E-state index in [-0.39, 0.29) is 28.4 Å². The molecular formula is C10H11AgBF4NO. The van der Waals surface area contributed by atoms with Crippen molar-refractivity contribution in [1.82, 2.24) is 0 Å². The molecule has 0 aromatic heterocycles. The van der Waals surface area contributed by atoms with Crippen LogP contribution in [0.3, 0.4) is 0 Å². The molecule has 0 aromatic carbocycles. The number of ether oxygens (including phenoxy) is 1. The topological polar surface area (TPSA) is 21.6 Å². The van der Waals surface area contributed by atoms with Crippen molar-refractivity contribution in [3.8, 4) is 0 Å². The Hall–Kier alpha value is -0.525. The molecule has 4 rings (SSSR count). The van der Waals surface area contributed by atoms with Crippen LogP contribution in [-0.2, 0) is 27.1 Å². The van der Waals surface area contributed by atoms with E-state index in [1.165, 1.54) is 0 Å². The van der Waals surface area contributed by atoms with Gasteiger partial charge in [0.25, 0.3) is 0 Å². The molecule has 18 heavy (non-hydrogen) atoms. The maximum absolute atomic E-state index is 9.75. The molecule has 0 amide bonds. The number of rotatable bonds is 0. The van der Waals surface area contributed by atoms with E-state index in [1.54, 1.807) is 7.11 Å². The molecule has 0 saturated heterocycles. The van der Waals surface area contributed by atoms with Crippen LogP contribution in [0.1, 0.15) is 0 Å². The first kappa shape index (κ1) is 15.5. The van der Waals surface area contributed by atoms with Gasteiger partial charge in [-0.3, -0.25) is 0 Å². The molecule has 2 aliphatic heterocycles. The maximum Gasteiger partial charge on any atom is 1.00 e. The van der Waals surface area contributed by atoms with Crippen molar-refractivity contribution in [2.45, 2.75) is 6.04 Å². The third-order valence-electron chi connectivity index (χ3n) is 2.96. The van der Waals surface area contributed by atoms with E-state index in [4.69, 9.17) is 4.74 Å². The fraction of sp³-hybridized carbons (Fsp3) is 0.500. The number of nitrogens with zero attached hydrogens (tertiary/aromatic N) is 1. The zero-order valence-electron chi connectivity index (χ0n) is 9.36. The van der Waals surface area contributed by atoms with E-state index in [9.17, 15) is 17.3 Å². The van der Waals surface area contributed by atoms with Crippen LogP contribution in [0.4, 0.5) is 17.3 Å². The van der Waals surface area contributed by atoms with Crippen molar-refractivity contribution >= 4 is 13.2 Å². The number of methoxy groups -OCH3 is 1. The Balaban J connectivity index is 0.000000238.